The van der Waals surface area contributed by atoms with Crippen LogP contribution in [0.3, 0.4) is 0 Å². The summed E-state index contributed by atoms with van der Waals surface area (Å²) in [5, 5.41) is 7.55. The molecule has 1 fully saturated rings. The maximum atomic E-state index is 13.4. The number of carbonyl (C=O) groups is 1. The van der Waals surface area contributed by atoms with Crippen molar-refractivity contribution in [2.24, 2.45) is 0 Å². The Morgan fingerprint density at radius 1 is 1.17 bits per heavy atom. The molecule has 0 spiro atoms. The van der Waals surface area contributed by atoms with E-state index in [0.717, 1.165) is 47.6 Å². The molecule has 2 atom stereocenters. The number of carbonyl (C=O) groups excluding carboxylic acids is 1. The molecule has 3 aromatic rings. The van der Waals surface area contributed by atoms with Crippen molar-refractivity contribution >= 4 is 5.91 Å². The molecule has 3 heterocycles. The minimum atomic E-state index is -0.211. The lowest BCUT2D eigenvalue weighted by Crippen LogP contribution is -2.36. The molecule has 1 N–H and O–H groups in total. The zero-order valence-electron chi connectivity index (χ0n) is 17.2. The van der Waals surface area contributed by atoms with E-state index in [-0.39, 0.29) is 18.1 Å². The van der Waals surface area contributed by atoms with Crippen LogP contribution >= 0.6 is 0 Å². The first-order chi connectivity index (χ1) is 14.7. The van der Waals surface area contributed by atoms with Crippen molar-refractivity contribution in [1.82, 2.24) is 15.1 Å². The Balaban J connectivity index is 1.60. The van der Waals surface area contributed by atoms with Crippen LogP contribution < -0.4 is 4.74 Å². The number of H-pyrrole nitrogens is 1. The fraction of sp³-hybridized carbons (Fsp3) is 0.333. The predicted molar refractivity (Wildman–Crippen MR) is 114 cm³/mol. The normalized spacial score (nSPS) is 20.6. The molecular weight excluding hydrogens is 378 g/mol. The fourth-order valence-corrected chi connectivity index (χ4v) is 4.46. The molecule has 2 aromatic carbocycles. The number of fused-ring (bicyclic) bond motifs is 1. The van der Waals surface area contributed by atoms with Crippen molar-refractivity contribution < 1.29 is 14.3 Å². The molecule has 0 aliphatic carbocycles. The summed E-state index contributed by atoms with van der Waals surface area (Å²) in [4.78, 5) is 15.3. The van der Waals surface area contributed by atoms with Crippen LogP contribution in [-0.2, 0) is 4.74 Å². The van der Waals surface area contributed by atoms with E-state index < -0.39 is 0 Å². The number of nitrogens with one attached hydrogen (secondary N) is 1. The second-order valence-corrected chi connectivity index (χ2v) is 8.00. The van der Waals surface area contributed by atoms with E-state index in [1.165, 1.54) is 5.56 Å². The summed E-state index contributed by atoms with van der Waals surface area (Å²) in [6.45, 7) is 3.40. The number of benzene rings is 2. The molecule has 0 radical (unpaired) electrons. The number of hydrogen-bond acceptors (Lipinski definition) is 4. The average molecular weight is 403 g/mol. The number of aryl methyl sites for hydroxylation is 1. The number of hydrogen-bond donors (Lipinski definition) is 1. The first kappa shape index (κ1) is 18.9. The number of methoxy groups -OCH3 is 1. The van der Waals surface area contributed by atoms with Crippen molar-refractivity contribution in [3.05, 3.63) is 70.9 Å². The molecule has 0 bridgehead atoms. The van der Waals surface area contributed by atoms with Gasteiger partial charge in [0.1, 0.15) is 11.4 Å². The highest BCUT2D eigenvalue weighted by Gasteiger charge is 2.43. The van der Waals surface area contributed by atoms with Gasteiger partial charge in [-0.15, -0.1) is 0 Å². The van der Waals surface area contributed by atoms with E-state index >= 15 is 0 Å². The van der Waals surface area contributed by atoms with Gasteiger partial charge in [0.15, 0.2) is 0 Å². The standard InChI is InChI=1S/C24H25N3O3/c1-15-5-7-16(8-6-15)21-20-22(26-25-21)24(28)27(14-19-4-3-13-30-19)23(20)17-9-11-18(29-2)12-10-17/h5-12,19,23H,3-4,13-14H2,1-2H3,(H,25,26). The minimum absolute atomic E-state index is 0.0211. The van der Waals surface area contributed by atoms with Crippen molar-refractivity contribution in [1.29, 1.82) is 0 Å². The van der Waals surface area contributed by atoms with Crippen molar-refractivity contribution in [2.75, 3.05) is 20.3 Å². The number of nitrogens with zero attached hydrogens (tertiary/aromatic N) is 2. The van der Waals surface area contributed by atoms with Gasteiger partial charge in [0.25, 0.3) is 5.91 Å². The minimum Gasteiger partial charge on any atom is -0.497 e. The monoisotopic (exact) mass is 403 g/mol. The Bertz CT molecular complexity index is 1050. The van der Waals surface area contributed by atoms with Gasteiger partial charge in [-0.2, -0.15) is 5.10 Å². The third-order valence-corrected chi connectivity index (χ3v) is 6.04. The maximum absolute atomic E-state index is 13.4. The van der Waals surface area contributed by atoms with E-state index in [9.17, 15) is 4.79 Å². The summed E-state index contributed by atoms with van der Waals surface area (Å²) in [7, 11) is 1.65. The Labute approximate surface area is 175 Å². The van der Waals surface area contributed by atoms with Crippen LogP contribution in [0.5, 0.6) is 5.75 Å². The highest BCUT2D eigenvalue weighted by atomic mass is 16.5. The molecule has 30 heavy (non-hydrogen) atoms. The second kappa shape index (κ2) is 7.61. The van der Waals surface area contributed by atoms with Crippen LogP contribution in [0.4, 0.5) is 0 Å². The predicted octanol–water partition coefficient (Wildman–Crippen LogP) is 4.12. The molecule has 0 saturated carbocycles. The SMILES string of the molecule is COc1ccc(C2c3c(-c4ccc(C)cc4)n[nH]c3C(=O)N2CC2CCCO2)cc1. The molecule has 2 unspecified atom stereocenters. The molecular formula is C24H25N3O3. The van der Waals surface area contributed by atoms with Gasteiger partial charge in [0.05, 0.1) is 24.9 Å². The second-order valence-electron chi connectivity index (χ2n) is 8.00. The molecule has 1 amide bonds. The average Bonchev–Trinajstić information content (AvgIpc) is 3.49. The molecule has 6 heteroatoms. The quantitative estimate of drug-likeness (QED) is 0.696. The van der Waals surface area contributed by atoms with E-state index in [4.69, 9.17) is 9.47 Å². The molecule has 1 saturated heterocycles. The highest BCUT2D eigenvalue weighted by Crippen LogP contribution is 2.43. The summed E-state index contributed by atoms with van der Waals surface area (Å²) >= 11 is 0. The van der Waals surface area contributed by atoms with Gasteiger partial charge in [-0.1, -0.05) is 42.0 Å². The largest absolute Gasteiger partial charge is 0.497 e. The van der Waals surface area contributed by atoms with Crippen LogP contribution in [0.25, 0.3) is 11.3 Å². The summed E-state index contributed by atoms with van der Waals surface area (Å²) in [6.07, 6.45) is 2.10. The first-order valence-corrected chi connectivity index (χ1v) is 10.4. The van der Waals surface area contributed by atoms with Crippen molar-refractivity contribution in [3.63, 3.8) is 0 Å². The van der Waals surface area contributed by atoms with Gasteiger partial charge >= 0.3 is 0 Å². The smallest absolute Gasteiger partial charge is 0.273 e. The van der Waals surface area contributed by atoms with Gasteiger partial charge in [-0.05, 0) is 37.5 Å². The van der Waals surface area contributed by atoms with Gasteiger partial charge in [0.2, 0.25) is 0 Å². The molecule has 1 aromatic heterocycles. The Morgan fingerprint density at radius 2 is 1.93 bits per heavy atom. The highest BCUT2D eigenvalue weighted by molar-refractivity contribution is 6.00. The van der Waals surface area contributed by atoms with Crippen LogP contribution in [-0.4, -0.2) is 47.4 Å². The fourth-order valence-electron chi connectivity index (χ4n) is 4.46. The van der Waals surface area contributed by atoms with E-state index in [0.29, 0.717) is 12.2 Å². The van der Waals surface area contributed by atoms with E-state index in [1.54, 1.807) is 7.11 Å². The summed E-state index contributed by atoms with van der Waals surface area (Å²) in [5.74, 6) is 0.770. The van der Waals surface area contributed by atoms with Crippen molar-refractivity contribution in [3.8, 4) is 17.0 Å². The number of rotatable bonds is 5. The molecule has 5 rings (SSSR count). The first-order valence-electron chi connectivity index (χ1n) is 10.4. The van der Waals surface area contributed by atoms with Crippen LogP contribution in [0.1, 0.15) is 46.1 Å². The molecule has 154 valence electrons. The van der Waals surface area contributed by atoms with Crippen molar-refractivity contribution in [2.45, 2.75) is 31.9 Å². The van der Waals surface area contributed by atoms with Gasteiger partial charge in [-0.25, -0.2) is 0 Å². The Morgan fingerprint density at radius 3 is 2.60 bits per heavy atom. The summed E-state index contributed by atoms with van der Waals surface area (Å²) < 4.78 is 11.2. The number of aromatic amines is 1. The van der Waals surface area contributed by atoms with Crippen LogP contribution in [0.15, 0.2) is 48.5 Å². The lowest BCUT2D eigenvalue weighted by atomic mass is 9.95. The van der Waals surface area contributed by atoms with Gasteiger partial charge in [0, 0.05) is 24.3 Å². The Kier molecular flexibility index (Phi) is 4.79. The Hall–Kier alpha value is -3.12. The van der Waals surface area contributed by atoms with Crippen LogP contribution in [0.2, 0.25) is 0 Å². The third-order valence-electron chi connectivity index (χ3n) is 6.04. The topological polar surface area (TPSA) is 67.5 Å². The lowest BCUT2D eigenvalue weighted by Gasteiger charge is -2.28. The van der Waals surface area contributed by atoms with Gasteiger partial charge in [-0.3, -0.25) is 9.89 Å². The molecule has 2 aliphatic heterocycles. The van der Waals surface area contributed by atoms with E-state index in [1.807, 2.05) is 29.2 Å². The summed E-state index contributed by atoms with van der Waals surface area (Å²) in [6, 6.07) is 16.0. The zero-order chi connectivity index (χ0) is 20.7. The van der Waals surface area contributed by atoms with Crippen LogP contribution in [0, 0.1) is 6.92 Å². The third kappa shape index (κ3) is 3.17. The number of ether oxygens (including phenoxy) is 2. The summed E-state index contributed by atoms with van der Waals surface area (Å²) in [5.41, 5.74) is 5.57. The molecule has 6 nitrogen and oxygen atoms in total. The lowest BCUT2D eigenvalue weighted by molar-refractivity contribution is 0.0495. The zero-order valence-corrected chi connectivity index (χ0v) is 17.2. The number of amides is 1. The number of aromatic nitrogens is 2. The molecule has 2 aliphatic rings. The van der Waals surface area contributed by atoms with E-state index in [2.05, 4.69) is 41.4 Å². The maximum Gasteiger partial charge on any atom is 0.273 e. The van der Waals surface area contributed by atoms with Gasteiger partial charge < -0.3 is 14.4 Å².